The predicted molar refractivity (Wildman–Crippen MR) is 103 cm³/mol. The number of nitrogens with zero attached hydrogens (tertiary/aromatic N) is 1. The second kappa shape index (κ2) is 7.39. The van der Waals surface area contributed by atoms with Gasteiger partial charge in [0.25, 0.3) is 0 Å². The van der Waals surface area contributed by atoms with Crippen LogP contribution in [0.3, 0.4) is 0 Å². The molecule has 8 heteroatoms. The maximum atomic E-state index is 12.4. The molecule has 7 nitrogen and oxygen atoms in total. The van der Waals surface area contributed by atoms with Crippen molar-refractivity contribution in [3.63, 3.8) is 0 Å². The lowest BCUT2D eigenvalue weighted by Crippen LogP contribution is -2.63. The van der Waals surface area contributed by atoms with Crippen molar-refractivity contribution in [1.82, 2.24) is 15.5 Å². The summed E-state index contributed by atoms with van der Waals surface area (Å²) in [5, 5.41) is 27.0. The highest BCUT2D eigenvalue weighted by Gasteiger charge is 2.60. The highest BCUT2D eigenvalue weighted by molar-refractivity contribution is 8.03. The maximum absolute atomic E-state index is 12.4. The first kappa shape index (κ1) is 19.2. The number of β-lactam (4-membered cyclic amide) rings is 1. The standard InChI is InChI=1S/C19H29N3O4S/c1-9-15-14(10(2)23)18(24)22(15)16(19(25)26)17(9)27-13-6-12(21-8-13)5-11-3-4-20-7-11/h9-15,20-21,23H,3-8H2,1-2H3,(H,25,26)/t9-,10?,11?,12-,13+,14?,15-/m1/s1. The van der Waals surface area contributed by atoms with Gasteiger partial charge in [-0.2, -0.15) is 0 Å². The Kier molecular flexibility index (Phi) is 5.26. The normalized spacial score (nSPS) is 39.7. The van der Waals surface area contributed by atoms with Crippen LogP contribution in [-0.4, -0.2) is 70.1 Å². The molecule has 4 N–H and O–H groups in total. The lowest BCUT2D eigenvalue weighted by Gasteiger charge is -2.46. The third kappa shape index (κ3) is 3.30. The smallest absolute Gasteiger partial charge is 0.353 e. The Morgan fingerprint density at radius 2 is 2.19 bits per heavy atom. The Bertz CT molecular complexity index is 661. The maximum Gasteiger partial charge on any atom is 0.353 e. The number of amides is 1. The summed E-state index contributed by atoms with van der Waals surface area (Å²) in [4.78, 5) is 26.5. The molecule has 0 aromatic carbocycles. The summed E-state index contributed by atoms with van der Waals surface area (Å²) in [6.45, 7) is 6.68. The van der Waals surface area contributed by atoms with Gasteiger partial charge >= 0.3 is 5.97 Å². The monoisotopic (exact) mass is 395 g/mol. The van der Waals surface area contributed by atoms with Crippen LogP contribution in [0.15, 0.2) is 10.6 Å². The van der Waals surface area contributed by atoms with Gasteiger partial charge in [-0.1, -0.05) is 6.92 Å². The van der Waals surface area contributed by atoms with Crippen molar-refractivity contribution in [2.75, 3.05) is 19.6 Å². The summed E-state index contributed by atoms with van der Waals surface area (Å²) < 4.78 is 0. The molecule has 4 aliphatic rings. The molecule has 150 valence electrons. The second-order valence-corrected chi connectivity index (χ2v) is 9.79. The molecular weight excluding hydrogens is 366 g/mol. The minimum Gasteiger partial charge on any atom is -0.477 e. The third-order valence-corrected chi connectivity index (χ3v) is 8.08. The van der Waals surface area contributed by atoms with E-state index in [-0.39, 0.29) is 23.6 Å². The first-order valence-corrected chi connectivity index (χ1v) is 10.9. The van der Waals surface area contributed by atoms with Crippen LogP contribution in [0.25, 0.3) is 0 Å². The molecule has 0 aromatic heterocycles. The number of carbonyl (C=O) groups is 2. The number of carboxylic acid groups (broad SMARTS) is 1. The average Bonchev–Trinajstić information content (AvgIpc) is 3.30. The minimum atomic E-state index is -1.04. The highest BCUT2D eigenvalue weighted by atomic mass is 32.2. The number of carbonyl (C=O) groups excluding carboxylic acids is 1. The quantitative estimate of drug-likeness (QED) is 0.489. The number of thioether (sulfide) groups is 1. The summed E-state index contributed by atoms with van der Waals surface area (Å²) in [6.07, 6.45) is 2.68. The van der Waals surface area contributed by atoms with Gasteiger partial charge in [-0.25, -0.2) is 4.79 Å². The summed E-state index contributed by atoms with van der Waals surface area (Å²) in [5.41, 5.74) is 0.142. The van der Waals surface area contributed by atoms with Crippen molar-refractivity contribution in [3.05, 3.63) is 10.6 Å². The largest absolute Gasteiger partial charge is 0.477 e. The first-order chi connectivity index (χ1) is 12.9. The fraction of sp³-hybridized carbons (Fsp3) is 0.789. The van der Waals surface area contributed by atoms with E-state index >= 15 is 0 Å². The van der Waals surface area contributed by atoms with Gasteiger partial charge in [-0.15, -0.1) is 11.8 Å². The fourth-order valence-electron chi connectivity index (χ4n) is 5.23. The van der Waals surface area contributed by atoms with Crippen LogP contribution in [0, 0.1) is 17.8 Å². The molecule has 0 radical (unpaired) electrons. The molecule has 7 atom stereocenters. The number of aliphatic hydroxyl groups excluding tert-OH is 1. The van der Waals surface area contributed by atoms with Gasteiger partial charge in [-0.05, 0) is 45.2 Å². The van der Waals surface area contributed by atoms with Crippen LogP contribution in [0.2, 0.25) is 0 Å². The molecule has 27 heavy (non-hydrogen) atoms. The summed E-state index contributed by atoms with van der Waals surface area (Å²) >= 11 is 1.63. The van der Waals surface area contributed by atoms with Crippen LogP contribution in [0.1, 0.15) is 33.1 Å². The van der Waals surface area contributed by atoms with E-state index in [0.29, 0.717) is 11.3 Å². The van der Waals surface area contributed by atoms with Gasteiger partial charge in [0.15, 0.2) is 0 Å². The van der Waals surface area contributed by atoms with E-state index in [1.54, 1.807) is 18.7 Å². The highest BCUT2D eigenvalue weighted by Crippen LogP contribution is 2.51. The fourth-order valence-corrected chi connectivity index (χ4v) is 6.75. The molecule has 0 bridgehead atoms. The van der Waals surface area contributed by atoms with Crippen LogP contribution in [0.5, 0.6) is 0 Å². The molecule has 3 unspecified atom stereocenters. The molecule has 0 spiro atoms. The van der Waals surface area contributed by atoms with Crippen molar-refractivity contribution in [1.29, 1.82) is 0 Å². The topological polar surface area (TPSA) is 102 Å². The van der Waals surface area contributed by atoms with E-state index in [1.165, 1.54) is 17.7 Å². The van der Waals surface area contributed by atoms with Gasteiger partial charge in [0.1, 0.15) is 5.70 Å². The predicted octanol–water partition coefficient (Wildman–Crippen LogP) is 0.603. The Hall–Kier alpha value is -1.09. The second-order valence-electron chi connectivity index (χ2n) is 8.45. The van der Waals surface area contributed by atoms with Gasteiger partial charge < -0.3 is 25.7 Å². The number of fused-ring (bicyclic) bond motifs is 1. The summed E-state index contributed by atoms with van der Waals surface area (Å²) in [5.74, 6) is -1.10. The number of aliphatic carboxylic acids is 1. The van der Waals surface area contributed by atoms with E-state index in [0.717, 1.165) is 36.9 Å². The van der Waals surface area contributed by atoms with Crippen molar-refractivity contribution in [3.8, 4) is 0 Å². The summed E-state index contributed by atoms with van der Waals surface area (Å²) in [6, 6.07) is 0.266. The molecule has 4 heterocycles. The average molecular weight is 396 g/mol. The molecule has 4 rings (SSSR count). The number of aliphatic hydroxyl groups is 1. The molecule has 1 amide bonds. The van der Waals surface area contributed by atoms with Gasteiger partial charge in [0.2, 0.25) is 5.91 Å². The van der Waals surface area contributed by atoms with Gasteiger partial charge in [-0.3, -0.25) is 4.79 Å². The number of hydrogen-bond donors (Lipinski definition) is 4. The van der Waals surface area contributed by atoms with E-state index in [1.807, 2.05) is 6.92 Å². The van der Waals surface area contributed by atoms with E-state index in [4.69, 9.17) is 0 Å². The lowest BCUT2D eigenvalue weighted by molar-refractivity contribution is -0.163. The lowest BCUT2D eigenvalue weighted by atomic mass is 9.79. The van der Waals surface area contributed by atoms with Crippen LogP contribution in [0.4, 0.5) is 0 Å². The molecular formula is C19H29N3O4S. The zero-order chi connectivity index (χ0) is 19.3. The Morgan fingerprint density at radius 1 is 1.41 bits per heavy atom. The summed E-state index contributed by atoms with van der Waals surface area (Å²) in [7, 11) is 0. The molecule has 0 saturated carbocycles. The Morgan fingerprint density at radius 3 is 2.81 bits per heavy atom. The van der Waals surface area contributed by atoms with Crippen LogP contribution >= 0.6 is 11.8 Å². The number of carboxylic acids is 1. The third-order valence-electron chi connectivity index (χ3n) is 6.57. The van der Waals surface area contributed by atoms with E-state index < -0.39 is 18.0 Å². The Labute approximate surface area is 163 Å². The van der Waals surface area contributed by atoms with E-state index in [9.17, 15) is 19.8 Å². The number of nitrogens with one attached hydrogen (secondary N) is 2. The minimum absolute atomic E-state index is 0.0449. The van der Waals surface area contributed by atoms with Crippen molar-refractivity contribution in [2.45, 2.75) is 56.5 Å². The zero-order valence-corrected chi connectivity index (χ0v) is 16.7. The Balaban J connectivity index is 1.45. The zero-order valence-electron chi connectivity index (χ0n) is 15.9. The molecule has 4 aliphatic heterocycles. The molecule has 3 saturated heterocycles. The van der Waals surface area contributed by atoms with Crippen LogP contribution < -0.4 is 10.6 Å². The first-order valence-electron chi connectivity index (χ1n) is 9.97. The van der Waals surface area contributed by atoms with Crippen molar-refractivity contribution < 1.29 is 19.8 Å². The molecule has 0 aromatic rings. The van der Waals surface area contributed by atoms with Crippen LogP contribution in [-0.2, 0) is 9.59 Å². The van der Waals surface area contributed by atoms with Gasteiger partial charge in [0, 0.05) is 28.7 Å². The van der Waals surface area contributed by atoms with Crippen molar-refractivity contribution in [2.24, 2.45) is 17.8 Å². The van der Waals surface area contributed by atoms with Gasteiger partial charge in [0.05, 0.1) is 18.1 Å². The van der Waals surface area contributed by atoms with Crippen molar-refractivity contribution >= 4 is 23.6 Å². The van der Waals surface area contributed by atoms with E-state index in [2.05, 4.69) is 10.6 Å². The molecule has 0 aliphatic carbocycles. The molecule has 3 fully saturated rings. The SMILES string of the molecule is CC(O)C1C(=O)N2C(C(=O)O)=C(S[C@@H]3CN[C@H](CC4CCNC4)C3)[C@H](C)[C@H]12. The number of rotatable bonds is 6. The number of hydrogen-bond acceptors (Lipinski definition) is 6.